The van der Waals surface area contributed by atoms with E-state index in [0.717, 1.165) is 26.1 Å². The highest BCUT2D eigenvalue weighted by atomic mass is 31.2. The van der Waals surface area contributed by atoms with Crippen LogP contribution in [0.4, 0.5) is 0 Å². The minimum Gasteiger partial charge on any atom is -0.577 e. The third-order valence-electron chi connectivity index (χ3n) is 10.3. The van der Waals surface area contributed by atoms with Crippen LogP contribution in [0.25, 0.3) is 0 Å². The van der Waals surface area contributed by atoms with Crippen molar-refractivity contribution in [3.63, 3.8) is 0 Å². The SMILES string of the molecule is CCCCCCCCCCCCCCCCCCOP1OCC2(CO1)COP(OCCCCCCCCCCCCCCCCCC)OC2.[PH2-]. The molecule has 0 aromatic rings. The highest BCUT2D eigenvalue weighted by Gasteiger charge is 2.43. The fourth-order valence-corrected chi connectivity index (χ4v) is 9.33. The molecule has 0 N–H and O–H groups in total. The van der Waals surface area contributed by atoms with Gasteiger partial charge in [-0.15, -0.1) is 0 Å². The lowest BCUT2D eigenvalue weighted by atomic mass is 9.93. The molecule has 2 saturated heterocycles. The van der Waals surface area contributed by atoms with E-state index in [1.54, 1.807) is 0 Å². The second-order valence-corrected chi connectivity index (χ2v) is 17.8. The third kappa shape index (κ3) is 28.5. The van der Waals surface area contributed by atoms with E-state index in [-0.39, 0.29) is 15.3 Å². The first-order chi connectivity index (χ1) is 24.3. The van der Waals surface area contributed by atoms with Crippen LogP contribution in [0.3, 0.4) is 0 Å². The molecule has 0 unspecified atom stereocenters. The molecule has 300 valence electrons. The molecule has 1 spiro atoms. The lowest BCUT2D eigenvalue weighted by molar-refractivity contribution is -0.0761. The van der Waals surface area contributed by atoms with Crippen LogP contribution >= 0.6 is 27.1 Å². The van der Waals surface area contributed by atoms with Gasteiger partial charge in [-0.1, -0.05) is 206 Å². The smallest absolute Gasteiger partial charge is 0.332 e. The molecule has 0 atom stereocenters. The summed E-state index contributed by atoms with van der Waals surface area (Å²) in [6.07, 6.45) is 44.1. The van der Waals surface area contributed by atoms with Crippen molar-refractivity contribution >= 4 is 27.1 Å². The van der Waals surface area contributed by atoms with Gasteiger partial charge in [-0.2, -0.15) is 0 Å². The van der Waals surface area contributed by atoms with E-state index >= 15 is 0 Å². The van der Waals surface area contributed by atoms with Crippen LogP contribution in [0, 0.1) is 5.41 Å². The number of rotatable bonds is 36. The van der Waals surface area contributed by atoms with E-state index < -0.39 is 17.2 Å². The normalized spacial score (nSPS) is 20.8. The highest BCUT2D eigenvalue weighted by Crippen LogP contribution is 2.53. The van der Waals surface area contributed by atoms with E-state index in [2.05, 4.69) is 13.8 Å². The summed E-state index contributed by atoms with van der Waals surface area (Å²) >= 11 is 0. The molecule has 0 aliphatic carbocycles. The standard InChI is InChI=1S/C41H82O6P2.H2P/c1-3-5-7-9-11-13-15-17-19-21-23-25-27-29-31-33-35-42-48-44-37-41(38-45-48)39-46-49(47-40-41)43-36-34-32-30-28-26-24-22-20-18-16-14-12-10-8-6-4-2;/h3-40H2,1-2H3;1H2/q;-1. The summed E-state index contributed by atoms with van der Waals surface area (Å²) < 4.78 is 35.7. The van der Waals surface area contributed by atoms with Gasteiger partial charge in [0.15, 0.2) is 0 Å². The molecule has 2 rings (SSSR count). The zero-order chi connectivity index (χ0) is 34.8. The molecule has 0 radical (unpaired) electrons. The van der Waals surface area contributed by atoms with Crippen LogP contribution < -0.4 is 0 Å². The summed E-state index contributed by atoms with van der Waals surface area (Å²) in [4.78, 5) is 0. The first-order valence-corrected chi connectivity index (χ1v) is 23.8. The Labute approximate surface area is 317 Å². The Bertz CT molecular complexity index is 615. The van der Waals surface area contributed by atoms with Gasteiger partial charge in [0.05, 0.1) is 45.1 Å². The number of unbranched alkanes of at least 4 members (excludes halogenated alkanes) is 30. The average Bonchev–Trinajstić information content (AvgIpc) is 3.12. The Morgan fingerprint density at radius 2 is 0.540 bits per heavy atom. The van der Waals surface area contributed by atoms with Gasteiger partial charge in [0.2, 0.25) is 0 Å². The second kappa shape index (κ2) is 37.0. The minimum atomic E-state index is -1.24. The van der Waals surface area contributed by atoms with Crippen molar-refractivity contribution in [2.24, 2.45) is 5.41 Å². The molecule has 9 heteroatoms. The van der Waals surface area contributed by atoms with Crippen molar-refractivity contribution in [2.45, 2.75) is 219 Å². The first-order valence-electron chi connectivity index (χ1n) is 21.7. The minimum absolute atomic E-state index is 0. The van der Waals surface area contributed by atoms with Gasteiger partial charge in [-0.3, -0.25) is 0 Å². The maximum atomic E-state index is 5.96. The van der Waals surface area contributed by atoms with Crippen molar-refractivity contribution in [3.05, 3.63) is 0 Å². The lowest BCUT2D eigenvalue weighted by Gasteiger charge is -2.41. The van der Waals surface area contributed by atoms with Crippen LogP contribution in [0.2, 0.25) is 0 Å². The molecule has 0 bridgehead atoms. The Balaban J connectivity index is 0.0000125. The van der Waals surface area contributed by atoms with E-state index in [0.29, 0.717) is 26.4 Å². The molecular formula is C41H84O6P3-. The van der Waals surface area contributed by atoms with Crippen LogP contribution in [0.5, 0.6) is 0 Å². The predicted octanol–water partition coefficient (Wildman–Crippen LogP) is 15.4. The third-order valence-corrected chi connectivity index (χ3v) is 12.4. The van der Waals surface area contributed by atoms with Crippen LogP contribution in [0.15, 0.2) is 0 Å². The van der Waals surface area contributed by atoms with E-state index in [9.17, 15) is 0 Å². The fourth-order valence-electron chi connectivity index (χ4n) is 6.81. The summed E-state index contributed by atoms with van der Waals surface area (Å²) in [6.45, 7) is 8.31. The summed E-state index contributed by atoms with van der Waals surface area (Å²) in [5, 5.41) is 0. The number of hydrogen-bond donors (Lipinski definition) is 0. The lowest BCUT2D eigenvalue weighted by Crippen LogP contribution is -2.44. The summed E-state index contributed by atoms with van der Waals surface area (Å²) in [5.74, 6) is 0. The van der Waals surface area contributed by atoms with Gasteiger partial charge in [0, 0.05) is 0 Å². The molecule has 0 saturated carbocycles. The monoisotopic (exact) mass is 766 g/mol. The summed E-state index contributed by atoms with van der Waals surface area (Å²) in [5.41, 5.74) is -0.229. The van der Waals surface area contributed by atoms with Crippen LogP contribution in [-0.4, -0.2) is 39.6 Å². The highest BCUT2D eigenvalue weighted by molar-refractivity contribution is 7.42. The summed E-state index contributed by atoms with van der Waals surface area (Å²) in [7, 11) is -2.48. The Hall–Kier alpha value is 1.05. The zero-order valence-corrected chi connectivity index (χ0v) is 36.2. The van der Waals surface area contributed by atoms with Crippen molar-refractivity contribution in [1.29, 1.82) is 0 Å². The van der Waals surface area contributed by atoms with Gasteiger partial charge in [-0.25, -0.2) is 0 Å². The molecule has 2 aliphatic rings. The topological polar surface area (TPSA) is 55.4 Å². The van der Waals surface area contributed by atoms with Crippen molar-refractivity contribution < 1.29 is 27.1 Å². The fraction of sp³-hybridized carbons (Fsp3) is 1.00. The van der Waals surface area contributed by atoms with Crippen LogP contribution in [0.1, 0.15) is 219 Å². The van der Waals surface area contributed by atoms with Gasteiger partial charge >= 0.3 is 17.2 Å². The molecule has 6 nitrogen and oxygen atoms in total. The molecule has 2 heterocycles. The molecule has 2 fully saturated rings. The van der Waals surface area contributed by atoms with Gasteiger partial charge < -0.3 is 37.0 Å². The Kier molecular flexibility index (Phi) is 36.3. The van der Waals surface area contributed by atoms with E-state index in [1.165, 1.54) is 193 Å². The van der Waals surface area contributed by atoms with E-state index in [4.69, 9.17) is 27.1 Å². The molecule has 2 aliphatic heterocycles. The first kappa shape index (κ1) is 49.1. The van der Waals surface area contributed by atoms with Gasteiger partial charge in [0.1, 0.15) is 0 Å². The zero-order valence-electron chi connectivity index (χ0n) is 33.3. The molecule has 0 amide bonds. The van der Waals surface area contributed by atoms with Gasteiger partial charge in [0.25, 0.3) is 0 Å². The molecule has 0 aromatic heterocycles. The second-order valence-electron chi connectivity index (χ2n) is 15.3. The quantitative estimate of drug-likeness (QED) is 0.0468. The maximum Gasteiger partial charge on any atom is 0.332 e. The van der Waals surface area contributed by atoms with Crippen molar-refractivity contribution in [2.75, 3.05) is 39.6 Å². The molecule has 0 aromatic carbocycles. The maximum absolute atomic E-state index is 5.96. The predicted molar refractivity (Wildman–Crippen MR) is 221 cm³/mol. The van der Waals surface area contributed by atoms with Gasteiger partial charge in [-0.05, 0) is 12.8 Å². The Morgan fingerprint density at radius 1 is 0.340 bits per heavy atom. The van der Waals surface area contributed by atoms with E-state index in [1.807, 2.05) is 0 Å². The van der Waals surface area contributed by atoms with Crippen LogP contribution in [-0.2, 0) is 27.1 Å². The van der Waals surface area contributed by atoms with Crippen molar-refractivity contribution in [3.8, 4) is 0 Å². The van der Waals surface area contributed by atoms with Crippen molar-refractivity contribution in [1.82, 2.24) is 0 Å². The average molecular weight is 766 g/mol. The summed E-state index contributed by atoms with van der Waals surface area (Å²) in [6, 6.07) is 0. The Morgan fingerprint density at radius 3 is 0.760 bits per heavy atom. The molecular weight excluding hydrogens is 681 g/mol. The molecule has 50 heavy (non-hydrogen) atoms. The number of hydrogen-bond acceptors (Lipinski definition) is 6. The largest absolute Gasteiger partial charge is 0.577 e.